The number of hydrogen-bond acceptors (Lipinski definition) is 3. The second-order valence-corrected chi connectivity index (χ2v) is 3.23. The van der Waals surface area contributed by atoms with Crippen molar-refractivity contribution in [1.29, 1.82) is 0 Å². The van der Waals surface area contributed by atoms with Crippen LogP contribution in [-0.2, 0) is 0 Å². The van der Waals surface area contributed by atoms with Gasteiger partial charge in [-0.2, -0.15) is 4.37 Å². The summed E-state index contributed by atoms with van der Waals surface area (Å²) in [6, 6.07) is 0. The smallest absolute Gasteiger partial charge is 0.162 e. The summed E-state index contributed by atoms with van der Waals surface area (Å²) in [6.07, 6.45) is 0. The molecule has 3 nitrogen and oxygen atoms in total. The Balaban J connectivity index is 3.15. The Morgan fingerprint density at radius 3 is 2.64 bits per heavy atom. The predicted molar refractivity (Wildman–Crippen MR) is 48.8 cm³/mol. The van der Waals surface area contributed by atoms with Crippen molar-refractivity contribution in [2.24, 2.45) is 10.7 Å². The molecule has 0 fully saturated rings. The van der Waals surface area contributed by atoms with Crippen LogP contribution in [0.15, 0.2) is 4.99 Å². The molecule has 11 heavy (non-hydrogen) atoms. The molecule has 6 heteroatoms. The first kappa shape index (κ1) is 8.77. The number of aromatic nitrogens is 1. The summed E-state index contributed by atoms with van der Waals surface area (Å²) in [4.78, 5) is 4.38. The van der Waals surface area contributed by atoms with E-state index < -0.39 is 0 Å². The molecule has 1 aromatic heterocycles. The number of rotatable bonds is 1. The number of hydrogen-bond donors (Lipinski definition) is 1. The van der Waals surface area contributed by atoms with Crippen LogP contribution in [0.2, 0.25) is 10.2 Å². The van der Waals surface area contributed by atoms with Crippen LogP contribution in [0.4, 0.5) is 0 Å². The van der Waals surface area contributed by atoms with Crippen LogP contribution in [0.25, 0.3) is 0 Å². The van der Waals surface area contributed by atoms with Crippen molar-refractivity contribution in [3.63, 3.8) is 0 Å². The molecule has 0 atom stereocenters. The molecule has 1 rings (SSSR count). The number of halogens is 2. The molecular formula is C5H5Cl2N3S. The van der Waals surface area contributed by atoms with Crippen molar-refractivity contribution >= 4 is 40.6 Å². The fraction of sp³-hybridized carbons (Fsp3) is 0.200. The molecule has 0 saturated carbocycles. The van der Waals surface area contributed by atoms with Gasteiger partial charge in [-0.3, -0.25) is 4.99 Å². The van der Waals surface area contributed by atoms with Crippen LogP contribution < -0.4 is 5.73 Å². The summed E-state index contributed by atoms with van der Waals surface area (Å²) in [5, 5.41) is 0.651. The Labute approximate surface area is 78.0 Å². The first-order valence-electron chi connectivity index (χ1n) is 2.70. The zero-order chi connectivity index (χ0) is 8.43. The molecular weight excluding hydrogens is 205 g/mol. The third kappa shape index (κ3) is 1.64. The number of nitrogens with zero attached hydrogens (tertiary/aromatic N) is 2. The minimum atomic E-state index is 0.276. The van der Waals surface area contributed by atoms with Gasteiger partial charge in [0, 0.05) is 7.05 Å². The average molecular weight is 210 g/mol. The molecule has 0 saturated heterocycles. The molecule has 0 radical (unpaired) electrons. The van der Waals surface area contributed by atoms with E-state index in [4.69, 9.17) is 28.9 Å². The Bertz CT molecular complexity index is 294. The Kier molecular flexibility index (Phi) is 2.70. The van der Waals surface area contributed by atoms with E-state index in [0.29, 0.717) is 15.7 Å². The predicted octanol–water partition coefficient (Wildman–Crippen LogP) is 1.78. The summed E-state index contributed by atoms with van der Waals surface area (Å²) >= 11 is 12.5. The van der Waals surface area contributed by atoms with E-state index in [1.165, 1.54) is 0 Å². The number of aliphatic imine (C=N–C) groups is 1. The second-order valence-electron chi connectivity index (χ2n) is 1.73. The Morgan fingerprint density at radius 2 is 2.27 bits per heavy atom. The van der Waals surface area contributed by atoms with Crippen molar-refractivity contribution in [3.8, 4) is 0 Å². The van der Waals surface area contributed by atoms with Gasteiger partial charge in [0.1, 0.15) is 15.7 Å². The molecule has 2 N–H and O–H groups in total. The SMILES string of the molecule is CN=C(N)c1snc(Cl)c1Cl. The van der Waals surface area contributed by atoms with Crippen LogP contribution in [0.3, 0.4) is 0 Å². The van der Waals surface area contributed by atoms with Gasteiger partial charge in [0.15, 0.2) is 5.15 Å². The molecule has 1 heterocycles. The van der Waals surface area contributed by atoms with E-state index in [9.17, 15) is 0 Å². The molecule has 0 aromatic carbocycles. The first-order chi connectivity index (χ1) is 5.16. The van der Waals surface area contributed by atoms with Gasteiger partial charge >= 0.3 is 0 Å². The van der Waals surface area contributed by atoms with Gasteiger partial charge in [0.2, 0.25) is 0 Å². The van der Waals surface area contributed by atoms with Gasteiger partial charge < -0.3 is 5.73 Å². The van der Waals surface area contributed by atoms with Crippen LogP contribution in [0.1, 0.15) is 4.88 Å². The van der Waals surface area contributed by atoms with E-state index in [0.717, 1.165) is 11.5 Å². The summed E-state index contributed by atoms with van der Waals surface area (Å²) in [6.45, 7) is 0. The molecule has 0 unspecified atom stereocenters. The monoisotopic (exact) mass is 209 g/mol. The van der Waals surface area contributed by atoms with E-state index >= 15 is 0 Å². The van der Waals surface area contributed by atoms with Crippen LogP contribution in [0.5, 0.6) is 0 Å². The lowest BCUT2D eigenvalue weighted by atomic mass is 10.4. The highest BCUT2D eigenvalue weighted by atomic mass is 35.5. The minimum absolute atomic E-state index is 0.276. The maximum Gasteiger partial charge on any atom is 0.162 e. The van der Waals surface area contributed by atoms with E-state index in [1.54, 1.807) is 7.05 Å². The zero-order valence-electron chi connectivity index (χ0n) is 5.64. The van der Waals surface area contributed by atoms with Gasteiger partial charge in [0.25, 0.3) is 0 Å². The summed E-state index contributed by atoms with van der Waals surface area (Å²) in [5.74, 6) is 0.361. The molecule has 0 spiro atoms. The van der Waals surface area contributed by atoms with Crippen molar-refractivity contribution in [1.82, 2.24) is 4.37 Å². The topological polar surface area (TPSA) is 51.3 Å². The van der Waals surface area contributed by atoms with Gasteiger partial charge in [0.05, 0.1) is 0 Å². The average Bonchev–Trinajstić information content (AvgIpc) is 2.32. The van der Waals surface area contributed by atoms with Gasteiger partial charge in [-0.1, -0.05) is 23.2 Å². The van der Waals surface area contributed by atoms with Crippen molar-refractivity contribution in [3.05, 3.63) is 15.1 Å². The summed E-state index contributed by atoms with van der Waals surface area (Å²) in [5.41, 5.74) is 5.49. The molecule has 0 aliphatic rings. The Morgan fingerprint density at radius 1 is 1.64 bits per heavy atom. The van der Waals surface area contributed by atoms with E-state index in [1.807, 2.05) is 0 Å². The van der Waals surface area contributed by atoms with Gasteiger partial charge in [-0.25, -0.2) is 0 Å². The fourth-order valence-corrected chi connectivity index (χ4v) is 1.69. The summed E-state index contributed by atoms with van der Waals surface area (Å²) in [7, 11) is 1.58. The summed E-state index contributed by atoms with van der Waals surface area (Å²) < 4.78 is 3.80. The quantitative estimate of drug-likeness (QED) is 0.567. The number of amidine groups is 1. The third-order valence-corrected chi connectivity index (χ3v) is 2.89. The third-order valence-electron chi connectivity index (χ3n) is 1.07. The van der Waals surface area contributed by atoms with E-state index in [2.05, 4.69) is 9.37 Å². The maximum atomic E-state index is 5.74. The first-order valence-corrected chi connectivity index (χ1v) is 4.23. The highest BCUT2D eigenvalue weighted by Gasteiger charge is 2.11. The standard InChI is InChI=1S/C5H5Cl2N3S/c1-9-5(8)3-2(6)4(7)10-11-3/h1H3,(H2,8,9). The van der Waals surface area contributed by atoms with Crippen LogP contribution in [-0.4, -0.2) is 17.3 Å². The highest BCUT2D eigenvalue weighted by molar-refractivity contribution is 7.09. The van der Waals surface area contributed by atoms with Gasteiger partial charge in [-0.15, -0.1) is 0 Å². The van der Waals surface area contributed by atoms with Crippen molar-refractivity contribution in [2.45, 2.75) is 0 Å². The molecule has 1 aromatic rings. The van der Waals surface area contributed by atoms with Crippen LogP contribution in [0, 0.1) is 0 Å². The lowest BCUT2D eigenvalue weighted by molar-refractivity contribution is 1.41. The maximum absolute atomic E-state index is 5.74. The molecule has 0 bridgehead atoms. The zero-order valence-corrected chi connectivity index (χ0v) is 7.96. The fourth-order valence-electron chi connectivity index (χ4n) is 0.520. The van der Waals surface area contributed by atoms with Crippen molar-refractivity contribution in [2.75, 3.05) is 7.05 Å². The van der Waals surface area contributed by atoms with Crippen molar-refractivity contribution < 1.29 is 0 Å². The van der Waals surface area contributed by atoms with E-state index in [-0.39, 0.29) is 5.15 Å². The van der Waals surface area contributed by atoms with Crippen LogP contribution >= 0.6 is 34.7 Å². The number of nitrogens with two attached hydrogens (primary N) is 1. The largest absolute Gasteiger partial charge is 0.383 e. The highest BCUT2D eigenvalue weighted by Crippen LogP contribution is 2.27. The van der Waals surface area contributed by atoms with Gasteiger partial charge in [-0.05, 0) is 11.5 Å². The second kappa shape index (κ2) is 3.38. The molecule has 0 aliphatic heterocycles. The lowest BCUT2D eigenvalue weighted by Crippen LogP contribution is -2.11. The lowest BCUT2D eigenvalue weighted by Gasteiger charge is -1.92. The normalized spacial score (nSPS) is 12.1. The molecule has 60 valence electrons. The Hall–Kier alpha value is -0.320. The molecule has 0 aliphatic carbocycles. The molecule has 0 amide bonds. The minimum Gasteiger partial charge on any atom is -0.383 e.